The molecule has 132 valence electrons. The normalized spacial score (nSPS) is 18.1. The van der Waals surface area contributed by atoms with E-state index >= 15 is 0 Å². The Morgan fingerprint density at radius 3 is 2.42 bits per heavy atom. The van der Waals surface area contributed by atoms with Gasteiger partial charge in [0.15, 0.2) is 5.96 Å². The van der Waals surface area contributed by atoms with Crippen molar-refractivity contribution in [3.05, 3.63) is 35.9 Å². The number of benzene rings is 1. The summed E-state index contributed by atoms with van der Waals surface area (Å²) in [4.78, 5) is 18.7. The summed E-state index contributed by atoms with van der Waals surface area (Å²) in [5.41, 5.74) is 0.914. The maximum atomic E-state index is 12.6. The lowest BCUT2D eigenvalue weighted by Gasteiger charge is -2.31. The minimum Gasteiger partial charge on any atom is -0.355 e. The van der Waals surface area contributed by atoms with Crippen molar-refractivity contribution in [1.29, 1.82) is 0 Å². The fourth-order valence-corrected chi connectivity index (χ4v) is 3.47. The monoisotopic (exact) mass is 330 g/mol. The van der Waals surface area contributed by atoms with Gasteiger partial charge in [-0.1, -0.05) is 43.2 Å². The summed E-state index contributed by atoms with van der Waals surface area (Å²) >= 11 is 0. The Bertz CT molecular complexity index is 562. The molecule has 2 N–H and O–H groups in total. The molecule has 0 radical (unpaired) electrons. The van der Waals surface area contributed by atoms with Crippen molar-refractivity contribution < 1.29 is 4.79 Å². The second-order valence-corrected chi connectivity index (χ2v) is 6.89. The van der Waals surface area contributed by atoms with Crippen LogP contribution in [0.1, 0.15) is 44.2 Å². The summed E-state index contributed by atoms with van der Waals surface area (Å²) in [6.45, 7) is 2.74. The third-order valence-electron chi connectivity index (χ3n) is 4.89. The first kappa shape index (κ1) is 18.3. The van der Waals surface area contributed by atoms with Crippen LogP contribution in [-0.2, 0) is 4.79 Å². The largest absolute Gasteiger partial charge is 0.355 e. The van der Waals surface area contributed by atoms with Gasteiger partial charge in [-0.3, -0.25) is 9.79 Å². The highest BCUT2D eigenvalue weighted by Gasteiger charge is 2.42. The maximum absolute atomic E-state index is 12.6. The summed E-state index contributed by atoms with van der Waals surface area (Å²) in [5.74, 6) is 0.961. The Hall–Kier alpha value is -2.04. The van der Waals surface area contributed by atoms with Gasteiger partial charge >= 0.3 is 0 Å². The van der Waals surface area contributed by atoms with E-state index in [-0.39, 0.29) is 17.4 Å². The molecule has 5 heteroatoms. The zero-order chi connectivity index (χ0) is 17.6. The molecule has 0 aromatic heterocycles. The minimum absolute atomic E-state index is 0.154. The van der Waals surface area contributed by atoms with Gasteiger partial charge in [-0.25, -0.2) is 0 Å². The molecule has 2 rings (SSSR count). The van der Waals surface area contributed by atoms with Crippen LogP contribution < -0.4 is 10.6 Å². The molecule has 24 heavy (non-hydrogen) atoms. The second-order valence-electron chi connectivity index (χ2n) is 6.89. The van der Waals surface area contributed by atoms with E-state index in [1.807, 2.05) is 32.3 Å². The number of amides is 1. The number of rotatable bonds is 5. The van der Waals surface area contributed by atoms with Crippen molar-refractivity contribution in [2.24, 2.45) is 10.4 Å². The second kappa shape index (κ2) is 8.18. The first-order valence-corrected chi connectivity index (χ1v) is 8.72. The van der Waals surface area contributed by atoms with E-state index in [0.717, 1.165) is 31.6 Å². The predicted molar refractivity (Wildman–Crippen MR) is 98.9 cm³/mol. The van der Waals surface area contributed by atoms with Crippen molar-refractivity contribution in [3.63, 3.8) is 0 Å². The molecule has 1 aliphatic carbocycles. The Morgan fingerprint density at radius 1 is 1.25 bits per heavy atom. The molecule has 0 bridgehead atoms. The number of aliphatic imine (C=N–C) groups is 1. The van der Waals surface area contributed by atoms with Crippen LogP contribution >= 0.6 is 0 Å². The summed E-state index contributed by atoms with van der Waals surface area (Å²) in [6, 6.07) is 10.4. The fraction of sp³-hybridized carbons (Fsp3) is 0.579. The van der Waals surface area contributed by atoms with Crippen molar-refractivity contribution in [2.75, 3.05) is 27.7 Å². The number of carbonyl (C=O) groups excluding carboxylic acids is 1. The van der Waals surface area contributed by atoms with E-state index in [0.29, 0.717) is 6.54 Å². The third-order valence-corrected chi connectivity index (χ3v) is 4.89. The molecule has 1 saturated carbocycles. The van der Waals surface area contributed by atoms with Crippen molar-refractivity contribution in [3.8, 4) is 0 Å². The van der Waals surface area contributed by atoms with E-state index in [4.69, 9.17) is 0 Å². The topological polar surface area (TPSA) is 56.7 Å². The zero-order valence-corrected chi connectivity index (χ0v) is 15.3. The van der Waals surface area contributed by atoms with Gasteiger partial charge in [0.1, 0.15) is 0 Å². The molecule has 1 fully saturated rings. The summed E-state index contributed by atoms with van der Waals surface area (Å²) in [6.07, 6.45) is 4.13. The van der Waals surface area contributed by atoms with Gasteiger partial charge in [-0.15, -0.1) is 0 Å². The van der Waals surface area contributed by atoms with Gasteiger partial charge < -0.3 is 15.5 Å². The molecular weight excluding hydrogens is 300 g/mol. The molecule has 0 heterocycles. The molecule has 1 atom stereocenters. The molecular formula is C19H30N4O. The lowest BCUT2D eigenvalue weighted by atomic mass is 9.84. The number of guanidine groups is 1. The van der Waals surface area contributed by atoms with Crippen LogP contribution in [0.5, 0.6) is 0 Å². The minimum atomic E-state index is -0.295. The number of nitrogens with zero attached hydrogens (tertiary/aromatic N) is 2. The van der Waals surface area contributed by atoms with Crippen LogP contribution in [0.15, 0.2) is 35.3 Å². The van der Waals surface area contributed by atoms with Gasteiger partial charge in [0, 0.05) is 27.7 Å². The first-order chi connectivity index (χ1) is 11.5. The van der Waals surface area contributed by atoms with Gasteiger partial charge in [0.25, 0.3) is 0 Å². The summed E-state index contributed by atoms with van der Waals surface area (Å²) < 4.78 is 0. The van der Waals surface area contributed by atoms with Crippen LogP contribution in [0, 0.1) is 5.41 Å². The quantitative estimate of drug-likeness (QED) is 0.644. The highest BCUT2D eigenvalue weighted by Crippen LogP contribution is 2.38. The van der Waals surface area contributed by atoms with Gasteiger partial charge in [0.05, 0.1) is 11.5 Å². The van der Waals surface area contributed by atoms with E-state index in [9.17, 15) is 4.79 Å². The first-order valence-electron chi connectivity index (χ1n) is 8.72. The number of nitrogens with one attached hydrogen (secondary N) is 2. The Kier molecular flexibility index (Phi) is 6.23. The smallest absolute Gasteiger partial charge is 0.230 e. The standard InChI is InChI=1S/C19H30N4O/c1-15(16-10-6-5-7-11-16)22-18(20-2)21-14-19(12-8-9-13-19)17(24)23(3)4/h5-7,10-11,15H,8-9,12-14H2,1-4H3,(H2,20,21,22)/t15-/m1/s1. The SMILES string of the molecule is CN=C(NCC1(C(=O)N(C)C)CCCC1)N[C@H](C)c1ccccc1. The summed E-state index contributed by atoms with van der Waals surface area (Å²) in [7, 11) is 5.45. The van der Waals surface area contributed by atoms with Crippen LogP contribution in [0.3, 0.4) is 0 Å². The lowest BCUT2D eigenvalue weighted by molar-refractivity contribution is -0.138. The molecule has 1 amide bonds. The number of carbonyl (C=O) groups is 1. The number of hydrogen-bond acceptors (Lipinski definition) is 2. The average molecular weight is 330 g/mol. The molecule has 1 aromatic rings. The molecule has 0 aliphatic heterocycles. The Labute approximate surface area is 145 Å². The number of hydrogen-bond donors (Lipinski definition) is 2. The van der Waals surface area contributed by atoms with E-state index in [2.05, 4.69) is 34.7 Å². The zero-order valence-electron chi connectivity index (χ0n) is 15.3. The summed E-state index contributed by atoms with van der Waals surface area (Å²) in [5, 5.41) is 6.79. The van der Waals surface area contributed by atoms with E-state index in [1.165, 1.54) is 5.56 Å². The lowest BCUT2D eigenvalue weighted by Crippen LogP contribution is -2.49. The molecule has 1 aromatic carbocycles. The van der Waals surface area contributed by atoms with Crippen LogP contribution in [-0.4, -0.2) is 44.5 Å². The van der Waals surface area contributed by atoms with E-state index in [1.54, 1.807) is 11.9 Å². The van der Waals surface area contributed by atoms with Crippen molar-refractivity contribution >= 4 is 11.9 Å². The van der Waals surface area contributed by atoms with Gasteiger partial charge in [-0.05, 0) is 25.3 Å². The fourth-order valence-electron chi connectivity index (χ4n) is 3.47. The maximum Gasteiger partial charge on any atom is 0.230 e. The Morgan fingerprint density at radius 2 is 1.88 bits per heavy atom. The highest BCUT2D eigenvalue weighted by molar-refractivity contribution is 5.85. The van der Waals surface area contributed by atoms with Gasteiger partial charge in [-0.2, -0.15) is 0 Å². The molecule has 5 nitrogen and oxygen atoms in total. The van der Waals surface area contributed by atoms with Crippen LogP contribution in [0.25, 0.3) is 0 Å². The highest BCUT2D eigenvalue weighted by atomic mass is 16.2. The predicted octanol–water partition coefficient (Wildman–Crippen LogP) is 2.56. The molecule has 0 spiro atoms. The van der Waals surface area contributed by atoms with Crippen LogP contribution in [0.2, 0.25) is 0 Å². The van der Waals surface area contributed by atoms with Crippen molar-refractivity contribution in [2.45, 2.75) is 38.6 Å². The van der Waals surface area contributed by atoms with Crippen molar-refractivity contribution in [1.82, 2.24) is 15.5 Å². The Balaban J connectivity index is 1.98. The average Bonchev–Trinajstić information content (AvgIpc) is 3.08. The molecule has 1 aliphatic rings. The molecule has 0 saturated heterocycles. The van der Waals surface area contributed by atoms with Crippen LogP contribution in [0.4, 0.5) is 0 Å². The van der Waals surface area contributed by atoms with Gasteiger partial charge in [0.2, 0.25) is 5.91 Å². The molecule has 0 unspecified atom stereocenters. The third kappa shape index (κ3) is 4.28. The van der Waals surface area contributed by atoms with E-state index < -0.39 is 0 Å².